The van der Waals surface area contributed by atoms with Crippen LogP contribution in [0.15, 0.2) is 18.3 Å². The van der Waals surface area contributed by atoms with E-state index in [1.807, 2.05) is 17.0 Å². The number of aromatic nitrogens is 1. The van der Waals surface area contributed by atoms with Gasteiger partial charge in [0.2, 0.25) is 0 Å². The smallest absolute Gasteiger partial charge is 0.272 e. The van der Waals surface area contributed by atoms with Crippen molar-refractivity contribution in [3.8, 4) is 0 Å². The average Bonchev–Trinajstić information content (AvgIpc) is 2.52. The van der Waals surface area contributed by atoms with E-state index in [2.05, 4.69) is 36.0 Å². The van der Waals surface area contributed by atoms with Gasteiger partial charge in [-0.05, 0) is 32.0 Å². The second-order valence-electron chi connectivity index (χ2n) is 5.59. The minimum atomic E-state index is 0.0413. The molecule has 116 valence electrons. The first kappa shape index (κ1) is 15.8. The van der Waals surface area contributed by atoms with Crippen LogP contribution in [0.5, 0.6) is 0 Å². The third-order valence-electron chi connectivity index (χ3n) is 4.02. The van der Waals surface area contributed by atoms with Crippen molar-refractivity contribution in [1.82, 2.24) is 14.8 Å². The van der Waals surface area contributed by atoms with Gasteiger partial charge in [-0.2, -0.15) is 0 Å². The van der Waals surface area contributed by atoms with Gasteiger partial charge in [0.15, 0.2) is 0 Å². The highest BCUT2D eigenvalue weighted by Gasteiger charge is 2.26. The number of pyridine rings is 1. The molecule has 0 radical (unpaired) electrons. The zero-order valence-electron chi connectivity index (χ0n) is 13.3. The van der Waals surface area contributed by atoms with Crippen LogP contribution >= 0.6 is 0 Å². The molecule has 0 bridgehead atoms. The van der Waals surface area contributed by atoms with Gasteiger partial charge in [-0.1, -0.05) is 13.8 Å². The normalized spacial score (nSPS) is 19.6. The summed E-state index contributed by atoms with van der Waals surface area (Å²) in [5.74, 6) is 0.0413. The predicted octanol–water partition coefficient (Wildman–Crippen LogP) is 2.07. The monoisotopic (exact) mass is 290 g/mol. The van der Waals surface area contributed by atoms with Crippen molar-refractivity contribution < 1.29 is 4.79 Å². The molecule has 1 N–H and O–H groups in total. The Balaban J connectivity index is 1.97. The highest BCUT2D eigenvalue weighted by molar-refractivity contribution is 5.92. The lowest BCUT2D eigenvalue weighted by Gasteiger charge is -2.39. The molecule has 5 heteroatoms. The van der Waals surface area contributed by atoms with Gasteiger partial charge in [-0.3, -0.25) is 9.69 Å². The van der Waals surface area contributed by atoms with Gasteiger partial charge >= 0.3 is 0 Å². The largest absolute Gasteiger partial charge is 0.384 e. The molecule has 1 aliphatic rings. The molecule has 2 heterocycles. The van der Waals surface area contributed by atoms with Gasteiger partial charge in [0.25, 0.3) is 5.91 Å². The van der Waals surface area contributed by atoms with Gasteiger partial charge in [0, 0.05) is 32.2 Å². The fourth-order valence-electron chi connectivity index (χ4n) is 2.71. The Labute approximate surface area is 127 Å². The predicted molar refractivity (Wildman–Crippen MR) is 85.6 cm³/mol. The maximum Gasteiger partial charge on any atom is 0.272 e. The first-order valence-corrected chi connectivity index (χ1v) is 7.89. The van der Waals surface area contributed by atoms with Crippen LogP contribution in [0.4, 0.5) is 5.69 Å². The zero-order chi connectivity index (χ0) is 15.2. The number of nitrogens with zero attached hydrogens (tertiary/aromatic N) is 3. The molecule has 1 amide bonds. The number of anilines is 1. The van der Waals surface area contributed by atoms with Crippen LogP contribution in [-0.2, 0) is 0 Å². The standard InChI is InChI=1S/C16H26N4O/c1-4-8-17-14-6-7-15(18-11-14)16(21)20-10-9-19(5-2)13(3)12-20/h6-7,11,13,17H,4-5,8-10,12H2,1-3H3. The Hall–Kier alpha value is -1.62. The van der Waals surface area contributed by atoms with Crippen molar-refractivity contribution in [3.63, 3.8) is 0 Å². The Morgan fingerprint density at radius 1 is 1.38 bits per heavy atom. The molecular formula is C16H26N4O. The summed E-state index contributed by atoms with van der Waals surface area (Å²) in [7, 11) is 0. The minimum absolute atomic E-state index is 0.0413. The van der Waals surface area contributed by atoms with E-state index in [9.17, 15) is 4.79 Å². The number of nitrogens with one attached hydrogen (secondary N) is 1. The van der Waals surface area contributed by atoms with Crippen molar-refractivity contribution in [3.05, 3.63) is 24.0 Å². The minimum Gasteiger partial charge on any atom is -0.384 e. The number of carbonyl (C=O) groups excluding carboxylic acids is 1. The first-order valence-electron chi connectivity index (χ1n) is 7.89. The third-order valence-corrected chi connectivity index (χ3v) is 4.02. The van der Waals surface area contributed by atoms with Crippen molar-refractivity contribution in [2.24, 2.45) is 0 Å². The topological polar surface area (TPSA) is 48.5 Å². The van der Waals surface area contributed by atoms with E-state index in [0.29, 0.717) is 11.7 Å². The number of hydrogen-bond donors (Lipinski definition) is 1. The molecule has 0 aromatic carbocycles. The van der Waals surface area contributed by atoms with Gasteiger partial charge in [-0.15, -0.1) is 0 Å². The first-order chi connectivity index (χ1) is 10.2. The van der Waals surface area contributed by atoms with E-state index in [1.165, 1.54) is 0 Å². The molecule has 1 aromatic heterocycles. The van der Waals surface area contributed by atoms with Crippen LogP contribution in [0.25, 0.3) is 0 Å². The summed E-state index contributed by atoms with van der Waals surface area (Å²) in [6.45, 7) is 10.9. The fraction of sp³-hybridized carbons (Fsp3) is 0.625. The molecule has 1 aliphatic heterocycles. The third kappa shape index (κ3) is 3.94. The summed E-state index contributed by atoms with van der Waals surface area (Å²) in [6, 6.07) is 4.16. The molecule has 1 fully saturated rings. The Morgan fingerprint density at radius 2 is 2.19 bits per heavy atom. The van der Waals surface area contributed by atoms with Gasteiger partial charge in [-0.25, -0.2) is 4.98 Å². The van der Waals surface area contributed by atoms with Crippen LogP contribution < -0.4 is 5.32 Å². The van der Waals surface area contributed by atoms with E-state index < -0.39 is 0 Å². The quantitative estimate of drug-likeness (QED) is 0.902. The van der Waals surface area contributed by atoms with E-state index in [4.69, 9.17) is 0 Å². The van der Waals surface area contributed by atoms with Crippen LogP contribution in [0.3, 0.4) is 0 Å². The highest BCUT2D eigenvalue weighted by Crippen LogP contribution is 2.13. The molecule has 5 nitrogen and oxygen atoms in total. The van der Waals surface area contributed by atoms with Crippen LogP contribution in [-0.4, -0.2) is 59.5 Å². The maximum absolute atomic E-state index is 12.5. The van der Waals surface area contributed by atoms with Crippen LogP contribution in [0, 0.1) is 0 Å². The SMILES string of the molecule is CCCNc1ccc(C(=O)N2CCN(CC)C(C)C2)nc1. The molecule has 2 rings (SSSR count). The number of piperazine rings is 1. The highest BCUT2D eigenvalue weighted by atomic mass is 16.2. The Bertz CT molecular complexity index is 460. The Morgan fingerprint density at radius 3 is 2.76 bits per heavy atom. The van der Waals surface area contributed by atoms with Crippen molar-refractivity contribution in [2.75, 3.05) is 38.0 Å². The molecule has 1 atom stereocenters. The lowest BCUT2D eigenvalue weighted by atomic mass is 10.1. The summed E-state index contributed by atoms with van der Waals surface area (Å²) in [5.41, 5.74) is 1.51. The molecule has 1 aromatic rings. The van der Waals surface area contributed by atoms with Crippen molar-refractivity contribution in [1.29, 1.82) is 0 Å². The van der Waals surface area contributed by atoms with Crippen LogP contribution in [0.1, 0.15) is 37.7 Å². The summed E-state index contributed by atoms with van der Waals surface area (Å²) in [5, 5.41) is 3.27. The maximum atomic E-state index is 12.5. The number of likely N-dealkylation sites (N-methyl/N-ethyl adjacent to an activating group) is 1. The summed E-state index contributed by atoms with van der Waals surface area (Å²) >= 11 is 0. The van der Waals surface area contributed by atoms with Gasteiger partial charge in [0.05, 0.1) is 11.9 Å². The van der Waals surface area contributed by atoms with Crippen molar-refractivity contribution in [2.45, 2.75) is 33.2 Å². The van der Waals surface area contributed by atoms with E-state index in [1.54, 1.807) is 6.20 Å². The second-order valence-corrected chi connectivity index (χ2v) is 5.59. The summed E-state index contributed by atoms with van der Waals surface area (Å²) in [4.78, 5) is 21.1. The zero-order valence-corrected chi connectivity index (χ0v) is 13.3. The molecule has 1 unspecified atom stereocenters. The van der Waals surface area contributed by atoms with E-state index in [-0.39, 0.29) is 5.91 Å². The van der Waals surface area contributed by atoms with Gasteiger partial charge in [0.1, 0.15) is 5.69 Å². The van der Waals surface area contributed by atoms with Crippen molar-refractivity contribution >= 4 is 11.6 Å². The number of rotatable bonds is 5. The van der Waals surface area contributed by atoms with E-state index in [0.717, 1.165) is 44.8 Å². The number of hydrogen-bond acceptors (Lipinski definition) is 4. The van der Waals surface area contributed by atoms with Crippen LogP contribution in [0.2, 0.25) is 0 Å². The Kier molecular flexibility index (Phi) is 5.56. The number of amides is 1. The lowest BCUT2D eigenvalue weighted by molar-refractivity contribution is 0.0523. The lowest BCUT2D eigenvalue weighted by Crippen LogP contribution is -2.53. The molecule has 0 aliphatic carbocycles. The molecule has 0 spiro atoms. The fourth-order valence-corrected chi connectivity index (χ4v) is 2.71. The molecule has 21 heavy (non-hydrogen) atoms. The number of carbonyl (C=O) groups is 1. The molecular weight excluding hydrogens is 264 g/mol. The summed E-state index contributed by atoms with van der Waals surface area (Å²) < 4.78 is 0. The summed E-state index contributed by atoms with van der Waals surface area (Å²) in [6.07, 6.45) is 2.81. The van der Waals surface area contributed by atoms with Gasteiger partial charge < -0.3 is 10.2 Å². The average molecular weight is 290 g/mol. The second kappa shape index (κ2) is 7.41. The van der Waals surface area contributed by atoms with E-state index >= 15 is 0 Å². The molecule has 0 saturated carbocycles. The molecule has 1 saturated heterocycles.